The number of hydrogen-bond acceptors (Lipinski definition) is 2. The molecule has 4 rings (SSSR count). The first-order chi connectivity index (χ1) is 15.0. The second kappa shape index (κ2) is 9.57. The van der Waals surface area contributed by atoms with Gasteiger partial charge in [-0.3, -0.25) is 0 Å². The van der Waals surface area contributed by atoms with Crippen molar-refractivity contribution < 1.29 is 4.74 Å². The molecule has 0 N–H and O–H groups in total. The van der Waals surface area contributed by atoms with E-state index in [1.54, 1.807) is 0 Å². The first-order valence-corrected chi connectivity index (χ1v) is 11.3. The highest BCUT2D eigenvalue weighted by Crippen LogP contribution is 2.28. The SMILES string of the molecule is CC(C)Cc1ccc(C(C)c2nc3ccccc3n2CCOc2ccc(Cl)cc2)cc1. The zero-order valence-electron chi connectivity index (χ0n) is 18.4. The summed E-state index contributed by atoms with van der Waals surface area (Å²) in [7, 11) is 0. The Labute approximate surface area is 189 Å². The monoisotopic (exact) mass is 432 g/mol. The second-order valence-electron chi connectivity index (χ2n) is 8.47. The van der Waals surface area contributed by atoms with Gasteiger partial charge in [0, 0.05) is 10.9 Å². The Hall–Kier alpha value is -2.78. The van der Waals surface area contributed by atoms with E-state index in [1.165, 1.54) is 11.1 Å². The summed E-state index contributed by atoms with van der Waals surface area (Å²) in [5.74, 6) is 2.74. The maximum Gasteiger partial charge on any atom is 0.119 e. The van der Waals surface area contributed by atoms with Gasteiger partial charge < -0.3 is 9.30 Å². The lowest BCUT2D eigenvalue weighted by atomic mass is 9.96. The molecule has 0 saturated carbocycles. The fourth-order valence-electron chi connectivity index (χ4n) is 4.01. The minimum atomic E-state index is 0.191. The number of aromatic nitrogens is 2. The van der Waals surface area contributed by atoms with Crippen molar-refractivity contribution >= 4 is 22.6 Å². The molecule has 31 heavy (non-hydrogen) atoms. The van der Waals surface area contributed by atoms with Crippen LogP contribution in [0.3, 0.4) is 0 Å². The van der Waals surface area contributed by atoms with Crippen LogP contribution in [-0.4, -0.2) is 16.2 Å². The predicted molar refractivity (Wildman–Crippen MR) is 129 cm³/mol. The molecule has 1 unspecified atom stereocenters. The third-order valence-corrected chi connectivity index (χ3v) is 5.84. The van der Waals surface area contributed by atoms with Crippen LogP contribution in [0.2, 0.25) is 5.02 Å². The number of hydrogen-bond donors (Lipinski definition) is 0. The molecule has 0 radical (unpaired) electrons. The standard InChI is InChI=1S/C27H29ClN2O/c1-19(2)18-21-8-10-22(11-9-21)20(3)27-29-25-6-4-5-7-26(25)30(27)16-17-31-24-14-12-23(28)13-15-24/h4-15,19-20H,16-18H2,1-3H3. The number of imidazole rings is 1. The van der Waals surface area contributed by atoms with Gasteiger partial charge >= 0.3 is 0 Å². The maximum atomic E-state index is 5.97. The van der Waals surface area contributed by atoms with E-state index in [9.17, 15) is 0 Å². The molecule has 0 bridgehead atoms. The van der Waals surface area contributed by atoms with Crippen LogP contribution in [0.5, 0.6) is 5.75 Å². The third-order valence-electron chi connectivity index (χ3n) is 5.59. The molecular weight excluding hydrogens is 404 g/mol. The highest BCUT2D eigenvalue weighted by molar-refractivity contribution is 6.30. The number of rotatable bonds is 8. The molecular formula is C27H29ClN2O. The van der Waals surface area contributed by atoms with E-state index >= 15 is 0 Å². The molecule has 0 aliphatic rings. The van der Waals surface area contributed by atoms with Crippen molar-refractivity contribution in [2.45, 2.75) is 39.7 Å². The Balaban J connectivity index is 1.57. The van der Waals surface area contributed by atoms with Crippen molar-refractivity contribution in [2.75, 3.05) is 6.61 Å². The number of benzene rings is 3. The molecule has 1 atom stereocenters. The molecule has 0 amide bonds. The van der Waals surface area contributed by atoms with Crippen molar-refractivity contribution in [1.82, 2.24) is 9.55 Å². The molecule has 0 aliphatic heterocycles. The summed E-state index contributed by atoms with van der Waals surface area (Å²) in [6.45, 7) is 8.04. The molecule has 160 valence electrons. The third kappa shape index (κ3) is 5.11. The lowest BCUT2D eigenvalue weighted by Crippen LogP contribution is -2.13. The van der Waals surface area contributed by atoms with Gasteiger partial charge in [0.15, 0.2) is 0 Å². The zero-order valence-corrected chi connectivity index (χ0v) is 19.1. The van der Waals surface area contributed by atoms with Gasteiger partial charge in [-0.15, -0.1) is 0 Å². The fourth-order valence-corrected chi connectivity index (χ4v) is 4.13. The van der Waals surface area contributed by atoms with E-state index < -0.39 is 0 Å². The summed E-state index contributed by atoms with van der Waals surface area (Å²) < 4.78 is 8.26. The topological polar surface area (TPSA) is 27.1 Å². The summed E-state index contributed by atoms with van der Waals surface area (Å²) in [6.07, 6.45) is 1.11. The Morgan fingerprint density at radius 3 is 2.32 bits per heavy atom. The number of para-hydroxylation sites is 2. The van der Waals surface area contributed by atoms with Crippen LogP contribution in [0.15, 0.2) is 72.8 Å². The molecule has 4 heteroatoms. The molecule has 0 saturated heterocycles. The summed E-state index contributed by atoms with van der Waals surface area (Å²) in [5.41, 5.74) is 4.83. The Bertz CT molecular complexity index is 1130. The van der Waals surface area contributed by atoms with Crippen molar-refractivity contribution in [2.24, 2.45) is 5.92 Å². The van der Waals surface area contributed by atoms with Crippen LogP contribution in [0, 0.1) is 5.92 Å². The van der Waals surface area contributed by atoms with E-state index in [0.29, 0.717) is 17.5 Å². The van der Waals surface area contributed by atoms with E-state index in [1.807, 2.05) is 30.3 Å². The fraction of sp³-hybridized carbons (Fsp3) is 0.296. The summed E-state index contributed by atoms with van der Waals surface area (Å²) in [4.78, 5) is 4.99. The highest BCUT2D eigenvalue weighted by atomic mass is 35.5. The minimum absolute atomic E-state index is 0.191. The van der Waals surface area contributed by atoms with E-state index in [2.05, 4.69) is 67.8 Å². The van der Waals surface area contributed by atoms with Gasteiger partial charge in [0.25, 0.3) is 0 Å². The van der Waals surface area contributed by atoms with Crippen molar-refractivity contribution in [3.8, 4) is 5.75 Å². The molecule has 0 spiro atoms. The van der Waals surface area contributed by atoms with Gasteiger partial charge in [-0.05, 0) is 59.9 Å². The lowest BCUT2D eigenvalue weighted by Gasteiger charge is -2.16. The van der Waals surface area contributed by atoms with Gasteiger partial charge in [-0.2, -0.15) is 0 Å². The van der Waals surface area contributed by atoms with Gasteiger partial charge in [0.1, 0.15) is 18.2 Å². The van der Waals surface area contributed by atoms with Crippen LogP contribution < -0.4 is 4.74 Å². The Kier molecular flexibility index (Phi) is 6.62. The molecule has 4 aromatic rings. The molecule has 3 nitrogen and oxygen atoms in total. The number of fused-ring (bicyclic) bond motifs is 1. The molecule has 3 aromatic carbocycles. The van der Waals surface area contributed by atoms with Crippen molar-refractivity contribution in [3.05, 3.63) is 94.8 Å². The van der Waals surface area contributed by atoms with Gasteiger partial charge in [0.2, 0.25) is 0 Å². The minimum Gasteiger partial charge on any atom is -0.492 e. The van der Waals surface area contributed by atoms with E-state index in [0.717, 1.165) is 35.6 Å². The van der Waals surface area contributed by atoms with E-state index in [-0.39, 0.29) is 5.92 Å². The van der Waals surface area contributed by atoms with Crippen molar-refractivity contribution in [1.29, 1.82) is 0 Å². The summed E-state index contributed by atoms with van der Waals surface area (Å²) in [6, 6.07) is 24.8. The molecule has 0 fully saturated rings. The van der Waals surface area contributed by atoms with Crippen molar-refractivity contribution in [3.63, 3.8) is 0 Å². The Morgan fingerprint density at radius 2 is 1.61 bits per heavy atom. The van der Waals surface area contributed by atoms with Gasteiger partial charge in [-0.1, -0.05) is 68.8 Å². The normalized spacial score (nSPS) is 12.4. The smallest absolute Gasteiger partial charge is 0.119 e. The maximum absolute atomic E-state index is 5.97. The summed E-state index contributed by atoms with van der Waals surface area (Å²) in [5, 5.41) is 0.712. The van der Waals surface area contributed by atoms with Crippen LogP contribution >= 0.6 is 11.6 Å². The number of nitrogens with zero attached hydrogens (tertiary/aromatic N) is 2. The predicted octanol–water partition coefficient (Wildman–Crippen LogP) is 7.12. The van der Waals surface area contributed by atoms with Crippen LogP contribution in [0.4, 0.5) is 0 Å². The average Bonchev–Trinajstić information content (AvgIpc) is 3.13. The number of ether oxygens (including phenoxy) is 1. The van der Waals surface area contributed by atoms with E-state index in [4.69, 9.17) is 21.3 Å². The van der Waals surface area contributed by atoms with Crippen LogP contribution in [0.25, 0.3) is 11.0 Å². The Morgan fingerprint density at radius 1 is 0.903 bits per heavy atom. The largest absolute Gasteiger partial charge is 0.492 e. The van der Waals surface area contributed by atoms with Gasteiger partial charge in [-0.25, -0.2) is 4.98 Å². The molecule has 0 aliphatic carbocycles. The first kappa shape index (κ1) is 21.5. The molecule has 1 aromatic heterocycles. The van der Waals surface area contributed by atoms with Crippen LogP contribution in [0.1, 0.15) is 43.6 Å². The quantitative estimate of drug-likeness (QED) is 0.296. The lowest BCUT2D eigenvalue weighted by molar-refractivity contribution is 0.298. The van der Waals surface area contributed by atoms with Gasteiger partial charge in [0.05, 0.1) is 17.6 Å². The summed E-state index contributed by atoms with van der Waals surface area (Å²) >= 11 is 5.97. The highest BCUT2D eigenvalue weighted by Gasteiger charge is 2.18. The zero-order chi connectivity index (χ0) is 21.8. The second-order valence-corrected chi connectivity index (χ2v) is 8.91. The average molecular weight is 433 g/mol. The number of halogens is 1. The van der Waals surface area contributed by atoms with Crippen LogP contribution in [-0.2, 0) is 13.0 Å². The molecule has 1 heterocycles. The first-order valence-electron chi connectivity index (χ1n) is 10.9.